The first-order valence-electron chi connectivity index (χ1n) is 6.28. The van der Waals surface area contributed by atoms with E-state index in [0.717, 1.165) is 41.3 Å². The van der Waals surface area contributed by atoms with Gasteiger partial charge >= 0.3 is 0 Å². The summed E-state index contributed by atoms with van der Waals surface area (Å²) in [5, 5.41) is 0. The molecule has 0 saturated carbocycles. The molecule has 0 amide bonds. The molecule has 0 aliphatic heterocycles. The Balaban J connectivity index is 3.31. The predicted octanol–water partition coefficient (Wildman–Crippen LogP) is 1.58. The van der Waals surface area contributed by atoms with Crippen LogP contribution in [0.4, 0.5) is 0 Å². The molecular weight excluding hydrogens is 240 g/mol. The van der Waals surface area contributed by atoms with Crippen molar-refractivity contribution in [1.82, 2.24) is 4.90 Å². The third-order valence-corrected chi connectivity index (χ3v) is 2.79. The lowest BCUT2D eigenvalue weighted by atomic mass is 9.98. The van der Waals surface area contributed by atoms with Gasteiger partial charge in [-0.3, -0.25) is 9.59 Å². The van der Waals surface area contributed by atoms with Gasteiger partial charge in [0.25, 0.3) is 0 Å². The minimum absolute atomic E-state index is 0.469. The highest BCUT2D eigenvalue weighted by atomic mass is 16.1. The quantitative estimate of drug-likeness (QED) is 0.577. The normalized spacial score (nSPS) is 11.7. The van der Waals surface area contributed by atoms with Gasteiger partial charge in [-0.25, -0.2) is 0 Å². The van der Waals surface area contributed by atoms with E-state index in [1.807, 2.05) is 26.2 Å². The third-order valence-electron chi connectivity index (χ3n) is 2.79. The second kappa shape index (κ2) is 6.08. The molecule has 0 aromatic heterocycles. The Labute approximate surface area is 115 Å². The number of quaternary nitrogens is 1. The number of aldehydes is 2. The smallest absolute Gasteiger partial charge is 0.150 e. The molecule has 4 heteroatoms. The fraction of sp³-hybridized carbons (Fsp3) is 0.467. The number of benzene rings is 1. The van der Waals surface area contributed by atoms with Crippen molar-refractivity contribution in [2.24, 2.45) is 0 Å². The summed E-state index contributed by atoms with van der Waals surface area (Å²) in [7, 11) is 10.3. The molecule has 104 valence electrons. The second-order valence-corrected chi connectivity index (χ2v) is 6.17. The van der Waals surface area contributed by atoms with E-state index < -0.39 is 0 Å². The van der Waals surface area contributed by atoms with Gasteiger partial charge in [0.1, 0.15) is 6.54 Å². The van der Waals surface area contributed by atoms with E-state index in [9.17, 15) is 9.59 Å². The van der Waals surface area contributed by atoms with Crippen LogP contribution in [-0.2, 0) is 13.1 Å². The van der Waals surface area contributed by atoms with Gasteiger partial charge in [-0.05, 0) is 31.8 Å². The molecular formula is C15H23N2O2+. The zero-order valence-electron chi connectivity index (χ0n) is 12.4. The van der Waals surface area contributed by atoms with Gasteiger partial charge in [0.2, 0.25) is 0 Å². The highest BCUT2D eigenvalue weighted by molar-refractivity contribution is 5.90. The average Bonchev–Trinajstić information content (AvgIpc) is 2.28. The Bertz CT molecular complexity index is 474. The van der Waals surface area contributed by atoms with Crippen molar-refractivity contribution in [1.29, 1.82) is 0 Å². The Morgan fingerprint density at radius 2 is 1.47 bits per heavy atom. The van der Waals surface area contributed by atoms with Crippen LogP contribution in [0.3, 0.4) is 0 Å². The molecule has 1 rings (SSSR count). The van der Waals surface area contributed by atoms with Crippen molar-refractivity contribution in [3.63, 3.8) is 0 Å². The van der Waals surface area contributed by atoms with Crippen LogP contribution in [0.2, 0.25) is 0 Å². The number of carbonyl (C=O) groups is 2. The van der Waals surface area contributed by atoms with Gasteiger partial charge in [0.15, 0.2) is 12.6 Å². The standard InChI is InChI=1S/C15H23N2O2/c1-16(2)8-12-6-14(10-18)15(11-19)7-13(12)9-17(3,4)5/h6-7,10-11H,8-9H2,1-5H3/q+1. The first kappa shape index (κ1) is 15.5. The number of hydrogen-bond donors (Lipinski definition) is 0. The molecule has 1 aromatic rings. The molecule has 0 bridgehead atoms. The van der Waals surface area contributed by atoms with Crippen LogP contribution in [-0.4, -0.2) is 57.2 Å². The van der Waals surface area contributed by atoms with E-state index in [4.69, 9.17) is 0 Å². The maximum Gasteiger partial charge on any atom is 0.150 e. The molecule has 0 radical (unpaired) electrons. The van der Waals surface area contributed by atoms with E-state index in [2.05, 4.69) is 26.0 Å². The molecule has 0 heterocycles. The van der Waals surface area contributed by atoms with E-state index in [1.54, 1.807) is 0 Å². The van der Waals surface area contributed by atoms with Crippen molar-refractivity contribution in [2.45, 2.75) is 13.1 Å². The van der Waals surface area contributed by atoms with Gasteiger partial charge in [-0.2, -0.15) is 0 Å². The maximum atomic E-state index is 11.1. The SMILES string of the molecule is CN(C)Cc1cc(C=O)c(C=O)cc1C[N+](C)(C)C. The van der Waals surface area contributed by atoms with E-state index in [-0.39, 0.29) is 0 Å². The number of rotatable bonds is 6. The van der Waals surface area contributed by atoms with E-state index in [1.165, 1.54) is 0 Å². The minimum atomic E-state index is 0.469. The topological polar surface area (TPSA) is 37.4 Å². The molecule has 0 aliphatic carbocycles. The average molecular weight is 263 g/mol. The largest absolute Gasteiger partial charge is 0.327 e. The van der Waals surface area contributed by atoms with Crippen LogP contribution in [0.1, 0.15) is 31.8 Å². The molecule has 1 aromatic carbocycles. The number of hydrogen-bond acceptors (Lipinski definition) is 3. The highest BCUT2D eigenvalue weighted by Crippen LogP contribution is 2.19. The Hall–Kier alpha value is -1.52. The van der Waals surface area contributed by atoms with Gasteiger partial charge < -0.3 is 9.38 Å². The lowest BCUT2D eigenvalue weighted by Gasteiger charge is -2.26. The monoisotopic (exact) mass is 263 g/mol. The summed E-state index contributed by atoms with van der Waals surface area (Å²) in [6.45, 7) is 1.58. The summed E-state index contributed by atoms with van der Waals surface area (Å²) in [6.07, 6.45) is 1.50. The van der Waals surface area contributed by atoms with E-state index >= 15 is 0 Å². The van der Waals surface area contributed by atoms with Crippen LogP contribution >= 0.6 is 0 Å². The molecule has 19 heavy (non-hydrogen) atoms. The summed E-state index contributed by atoms with van der Waals surface area (Å²) >= 11 is 0. The second-order valence-electron chi connectivity index (χ2n) is 6.17. The van der Waals surface area contributed by atoms with Crippen LogP contribution < -0.4 is 0 Å². The van der Waals surface area contributed by atoms with Gasteiger partial charge in [-0.15, -0.1) is 0 Å². The van der Waals surface area contributed by atoms with Gasteiger partial charge in [-0.1, -0.05) is 0 Å². The van der Waals surface area contributed by atoms with Crippen LogP contribution in [0.15, 0.2) is 12.1 Å². The van der Waals surface area contributed by atoms with Gasteiger partial charge in [0, 0.05) is 23.2 Å². The van der Waals surface area contributed by atoms with Crippen molar-refractivity contribution in [2.75, 3.05) is 35.2 Å². The molecule has 0 N–H and O–H groups in total. The Morgan fingerprint density at radius 1 is 1.00 bits per heavy atom. The van der Waals surface area contributed by atoms with E-state index in [0.29, 0.717) is 11.1 Å². The molecule has 0 atom stereocenters. The molecule has 0 aliphatic rings. The zero-order chi connectivity index (χ0) is 14.6. The maximum absolute atomic E-state index is 11.1. The predicted molar refractivity (Wildman–Crippen MR) is 76.3 cm³/mol. The summed E-state index contributed by atoms with van der Waals surface area (Å²) < 4.78 is 0.777. The van der Waals surface area contributed by atoms with Crippen LogP contribution in [0, 0.1) is 0 Å². The fourth-order valence-electron chi connectivity index (χ4n) is 2.08. The van der Waals surface area contributed by atoms with Crippen LogP contribution in [0.25, 0.3) is 0 Å². The zero-order valence-corrected chi connectivity index (χ0v) is 12.4. The number of nitrogens with zero attached hydrogens (tertiary/aromatic N) is 2. The third kappa shape index (κ3) is 4.58. The number of carbonyl (C=O) groups excluding carboxylic acids is 2. The minimum Gasteiger partial charge on any atom is -0.327 e. The van der Waals surface area contributed by atoms with Crippen LogP contribution in [0.5, 0.6) is 0 Å². The summed E-state index contributed by atoms with van der Waals surface area (Å²) in [5.41, 5.74) is 3.16. The summed E-state index contributed by atoms with van der Waals surface area (Å²) in [4.78, 5) is 24.2. The molecule has 0 saturated heterocycles. The molecule has 0 unspecified atom stereocenters. The molecule has 4 nitrogen and oxygen atoms in total. The Kier molecular flexibility index (Phi) is 4.97. The van der Waals surface area contributed by atoms with Crippen molar-refractivity contribution >= 4 is 12.6 Å². The summed E-state index contributed by atoms with van der Waals surface area (Å²) in [5.74, 6) is 0. The lowest BCUT2D eigenvalue weighted by molar-refractivity contribution is -0.884. The first-order valence-corrected chi connectivity index (χ1v) is 6.28. The Morgan fingerprint density at radius 3 is 1.84 bits per heavy atom. The van der Waals surface area contributed by atoms with Crippen molar-refractivity contribution in [3.05, 3.63) is 34.4 Å². The van der Waals surface area contributed by atoms with Crippen molar-refractivity contribution < 1.29 is 14.1 Å². The summed E-state index contributed by atoms with van der Waals surface area (Å²) in [6, 6.07) is 3.68. The molecule has 0 fully saturated rings. The lowest BCUT2D eigenvalue weighted by Crippen LogP contribution is -2.34. The van der Waals surface area contributed by atoms with Gasteiger partial charge in [0.05, 0.1) is 21.1 Å². The fourth-order valence-corrected chi connectivity index (χ4v) is 2.08. The first-order chi connectivity index (χ1) is 8.76. The van der Waals surface area contributed by atoms with Crippen molar-refractivity contribution in [3.8, 4) is 0 Å². The highest BCUT2D eigenvalue weighted by Gasteiger charge is 2.16. The molecule has 0 spiro atoms.